The Morgan fingerprint density at radius 3 is 3.00 bits per heavy atom. The quantitative estimate of drug-likeness (QED) is 0.237. The molecule has 0 saturated heterocycles. The second kappa shape index (κ2) is 2.47. The molecule has 1 N–H and O–H groups in total. The molecule has 0 aliphatic carbocycles. The van der Waals surface area contributed by atoms with Gasteiger partial charge in [0.15, 0.2) is 0 Å². The van der Waals surface area contributed by atoms with Gasteiger partial charge in [0, 0.05) is 5.10 Å². The molecule has 1 aromatic rings. The third-order valence-corrected chi connectivity index (χ3v) is 1.14. The van der Waals surface area contributed by atoms with E-state index in [1.807, 2.05) is 7.05 Å². The summed E-state index contributed by atoms with van der Waals surface area (Å²) in [5, 5.41) is 15.0. The van der Waals surface area contributed by atoms with Crippen LogP contribution >= 0.6 is 0 Å². The molecule has 0 radical (unpaired) electrons. The third kappa shape index (κ3) is 1.12. The van der Waals surface area contributed by atoms with Crippen LogP contribution in [0.1, 0.15) is 5.82 Å². The zero-order valence-electron chi connectivity index (χ0n) is 5.89. The number of oxime groups is 1. The minimum Gasteiger partial charge on any atom is -0.411 e. The Kier molecular flexibility index (Phi) is 1.66. The highest BCUT2D eigenvalue weighted by Crippen LogP contribution is 1.77. The molecule has 0 aromatic carbocycles. The zero-order valence-corrected chi connectivity index (χ0v) is 5.89. The zero-order chi connectivity index (χ0) is 7.56. The van der Waals surface area contributed by atoms with Crippen LogP contribution in [-0.4, -0.2) is 21.2 Å². The number of aryl methyl sites for hydroxylation is 2. The van der Waals surface area contributed by atoms with E-state index in [0.717, 1.165) is 0 Å². The molecule has 0 spiro atoms. The average Bonchev–Trinajstić information content (AvgIpc) is 2.13. The van der Waals surface area contributed by atoms with Gasteiger partial charge in [0.2, 0.25) is 6.33 Å². The van der Waals surface area contributed by atoms with E-state index >= 15 is 0 Å². The molecule has 54 valence electrons. The van der Waals surface area contributed by atoms with Crippen molar-refractivity contribution in [1.29, 1.82) is 0 Å². The summed E-state index contributed by atoms with van der Waals surface area (Å²) in [5.41, 5.74) is 0. The first-order valence-electron chi connectivity index (χ1n) is 2.80. The van der Waals surface area contributed by atoms with Gasteiger partial charge < -0.3 is 5.21 Å². The second-order valence-corrected chi connectivity index (χ2v) is 2.00. The van der Waals surface area contributed by atoms with E-state index in [4.69, 9.17) is 5.21 Å². The van der Waals surface area contributed by atoms with Gasteiger partial charge >= 0.3 is 5.82 Å². The van der Waals surface area contributed by atoms with Crippen LogP contribution in [0.4, 0.5) is 0 Å². The number of rotatable bonds is 1. The van der Waals surface area contributed by atoms with E-state index < -0.39 is 0 Å². The molecule has 0 fully saturated rings. The molecular weight excluding hydrogens is 132 g/mol. The van der Waals surface area contributed by atoms with Crippen LogP contribution in [0.3, 0.4) is 0 Å². The maximum atomic E-state index is 8.16. The first-order valence-corrected chi connectivity index (χ1v) is 2.80. The van der Waals surface area contributed by atoms with Crippen molar-refractivity contribution in [3.63, 3.8) is 0 Å². The Hall–Kier alpha value is -1.39. The Morgan fingerprint density at radius 1 is 1.90 bits per heavy atom. The highest BCUT2D eigenvalue weighted by atomic mass is 16.4. The standard InChI is InChI=1S/C5H8N4O/c1-8-4-9(2)7-5(8)3-6-10/h3-4H,1-2H3/p+1/b6-3-. The van der Waals surface area contributed by atoms with Gasteiger partial charge in [-0.2, -0.15) is 0 Å². The molecule has 0 unspecified atom stereocenters. The highest BCUT2D eigenvalue weighted by molar-refractivity contribution is 5.71. The third-order valence-electron chi connectivity index (χ3n) is 1.14. The number of hydrogen-bond acceptors (Lipinski definition) is 3. The van der Waals surface area contributed by atoms with E-state index in [1.54, 1.807) is 22.6 Å². The summed E-state index contributed by atoms with van der Waals surface area (Å²) in [6.45, 7) is 0. The highest BCUT2D eigenvalue weighted by Gasteiger charge is 2.07. The Labute approximate surface area is 58.2 Å². The van der Waals surface area contributed by atoms with E-state index in [0.29, 0.717) is 5.82 Å². The first-order chi connectivity index (χ1) is 4.74. The summed E-state index contributed by atoms with van der Waals surface area (Å²) in [5.74, 6) is 0.616. The first kappa shape index (κ1) is 6.73. The van der Waals surface area contributed by atoms with Crippen molar-refractivity contribution < 1.29 is 9.77 Å². The van der Waals surface area contributed by atoms with Crippen molar-refractivity contribution in [2.24, 2.45) is 19.3 Å². The van der Waals surface area contributed by atoms with Crippen molar-refractivity contribution in [3.8, 4) is 0 Å². The number of nitrogens with zero attached hydrogens (tertiary/aromatic N) is 4. The van der Waals surface area contributed by atoms with E-state index in [9.17, 15) is 0 Å². The van der Waals surface area contributed by atoms with Crippen molar-refractivity contribution in [3.05, 3.63) is 12.2 Å². The number of aromatic nitrogens is 3. The summed E-state index contributed by atoms with van der Waals surface area (Å²) in [4.78, 5) is 0. The van der Waals surface area contributed by atoms with Crippen molar-refractivity contribution in [2.45, 2.75) is 0 Å². The summed E-state index contributed by atoms with van der Waals surface area (Å²) in [6.07, 6.45) is 3.05. The predicted molar refractivity (Wildman–Crippen MR) is 33.8 cm³/mol. The van der Waals surface area contributed by atoms with Gasteiger partial charge in [-0.15, -0.1) is 4.68 Å². The maximum Gasteiger partial charge on any atom is 0.323 e. The second-order valence-electron chi connectivity index (χ2n) is 2.00. The van der Waals surface area contributed by atoms with Crippen molar-refractivity contribution in [1.82, 2.24) is 9.78 Å². The molecule has 1 heterocycles. The van der Waals surface area contributed by atoms with Crippen LogP contribution in [0.5, 0.6) is 0 Å². The van der Waals surface area contributed by atoms with E-state index in [-0.39, 0.29) is 0 Å². The lowest BCUT2D eigenvalue weighted by molar-refractivity contribution is -0.673. The molecule has 0 saturated carbocycles. The molecule has 5 heteroatoms. The minimum absolute atomic E-state index is 0.616. The van der Waals surface area contributed by atoms with Crippen LogP contribution in [0, 0.1) is 0 Å². The smallest absolute Gasteiger partial charge is 0.323 e. The van der Waals surface area contributed by atoms with Gasteiger partial charge in [0.1, 0.15) is 6.21 Å². The van der Waals surface area contributed by atoms with Crippen molar-refractivity contribution in [2.75, 3.05) is 0 Å². The fraction of sp³-hybridized carbons (Fsp3) is 0.400. The normalized spacial score (nSPS) is 11.0. The van der Waals surface area contributed by atoms with E-state index in [2.05, 4.69) is 10.3 Å². The lowest BCUT2D eigenvalue weighted by Gasteiger charge is -1.77. The number of hydrogen-bond donors (Lipinski definition) is 1. The summed E-state index contributed by atoms with van der Waals surface area (Å²) in [6, 6.07) is 0. The molecule has 0 bridgehead atoms. The molecule has 1 rings (SSSR count). The monoisotopic (exact) mass is 141 g/mol. The van der Waals surface area contributed by atoms with Gasteiger partial charge in [0.05, 0.1) is 14.1 Å². The molecular formula is C5H9N4O+. The fourth-order valence-corrected chi connectivity index (χ4v) is 0.736. The summed E-state index contributed by atoms with van der Waals surface area (Å²) in [7, 11) is 3.62. The summed E-state index contributed by atoms with van der Waals surface area (Å²) >= 11 is 0. The lowest BCUT2D eigenvalue weighted by atomic mass is 10.7. The maximum absolute atomic E-state index is 8.16. The van der Waals surface area contributed by atoms with Gasteiger partial charge in [-0.1, -0.05) is 5.16 Å². The topological polar surface area (TPSA) is 54.3 Å². The van der Waals surface area contributed by atoms with E-state index in [1.165, 1.54) is 6.21 Å². The molecule has 5 nitrogen and oxygen atoms in total. The predicted octanol–water partition coefficient (Wildman–Crippen LogP) is -0.947. The Morgan fingerprint density at radius 2 is 2.60 bits per heavy atom. The molecule has 1 aromatic heterocycles. The SMILES string of the molecule is Cn1c[n+](C)c(/C=N\O)n1. The Balaban J connectivity index is 3.03. The Bertz CT molecular complexity index is 252. The van der Waals surface area contributed by atoms with Gasteiger partial charge in [-0.25, -0.2) is 4.57 Å². The van der Waals surface area contributed by atoms with Crippen LogP contribution in [0.2, 0.25) is 0 Å². The summed E-state index contributed by atoms with van der Waals surface area (Å²) < 4.78 is 3.39. The van der Waals surface area contributed by atoms with Gasteiger partial charge in [-0.05, 0) is 0 Å². The minimum atomic E-state index is 0.616. The van der Waals surface area contributed by atoms with Crippen LogP contribution in [0.15, 0.2) is 11.5 Å². The van der Waals surface area contributed by atoms with Crippen LogP contribution < -0.4 is 4.57 Å². The molecule has 10 heavy (non-hydrogen) atoms. The lowest BCUT2D eigenvalue weighted by Crippen LogP contribution is -2.30. The van der Waals surface area contributed by atoms with Crippen LogP contribution in [0.25, 0.3) is 0 Å². The fourth-order valence-electron chi connectivity index (χ4n) is 0.736. The molecule has 0 atom stereocenters. The van der Waals surface area contributed by atoms with Crippen LogP contribution in [-0.2, 0) is 14.1 Å². The van der Waals surface area contributed by atoms with Gasteiger partial charge in [0.25, 0.3) is 0 Å². The molecule has 0 amide bonds. The molecule has 0 aliphatic heterocycles. The molecule has 0 aliphatic rings. The average molecular weight is 141 g/mol. The van der Waals surface area contributed by atoms with Gasteiger partial charge in [-0.3, -0.25) is 0 Å². The largest absolute Gasteiger partial charge is 0.411 e. The van der Waals surface area contributed by atoms with Crippen molar-refractivity contribution >= 4 is 6.21 Å².